The van der Waals surface area contributed by atoms with E-state index in [-0.39, 0.29) is 0 Å². The van der Waals surface area contributed by atoms with E-state index in [9.17, 15) is 5.11 Å². The highest BCUT2D eigenvalue weighted by atomic mass is 16.3. The molecule has 0 saturated carbocycles. The van der Waals surface area contributed by atoms with Crippen molar-refractivity contribution in [3.8, 4) is 12.3 Å². The fourth-order valence-electron chi connectivity index (χ4n) is 1.01. The smallest absolute Gasteiger partial charge is 0.0978 e. The maximum absolute atomic E-state index is 9.82. The molecule has 2 nitrogen and oxygen atoms in total. The van der Waals surface area contributed by atoms with Crippen LogP contribution in [0.15, 0.2) is 24.5 Å². The number of aliphatic hydroxyl groups is 1. The van der Waals surface area contributed by atoms with Gasteiger partial charge >= 0.3 is 0 Å². The number of hydrogen-bond acceptors (Lipinski definition) is 2. The van der Waals surface area contributed by atoms with E-state index in [4.69, 9.17) is 6.42 Å². The van der Waals surface area contributed by atoms with Gasteiger partial charge in [0, 0.05) is 18.8 Å². The molecule has 0 amide bonds. The molecule has 0 fully saturated rings. The van der Waals surface area contributed by atoms with Gasteiger partial charge in [-0.25, -0.2) is 0 Å². The van der Waals surface area contributed by atoms with Crippen LogP contribution < -0.4 is 0 Å². The Hall–Kier alpha value is -1.33. The molecule has 1 aromatic rings. The van der Waals surface area contributed by atoms with Crippen LogP contribution in [0.25, 0.3) is 0 Å². The molecule has 1 N–H and O–H groups in total. The SMILES string of the molecule is C#CC[C@@](C)(O)c1ccncc1. The Morgan fingerprint density at radius 2 is 2.17 bits per heavy atom. The fraction of sp³-hybridized carbons (Fsp3) is 0.300. The van der Waals surface area contributed by atoms with Crippen molar-refractivity contribution in [3.05, 3.63) is 30.1 Å². The zero-order chi connectivity index (χ0) is 9.03. The number of terminal acetylenes is 1. The van der Waals surface area contributed by atoms with Crippen LogP contribution in [0.3, 0.4) is 0 Å². The van der Waals surface area contributed by atoms with Crippen LogP contribution >= 0.6 is 0 Å². The van der Waals surface area contributed by atoms with Crippen molar-refractivity contribution < 1.29 is 5.11 Å². The molecule has 0 aromatic carbocycles. The van der Waals surface area contributed by atoms with E-state index in [2.05, 4.69) is 10.9 Å². The molecule has 0 aliphatic heterocycles. The monoisotopic (exact) mass is 161 g/mol. The zero-order valence-corrected chi connectivity index (χ0v) is 6.99. The van der Waals surface area contributed by atoms with Gasteiger partial charge in [-0.3, -0.25) is 4.98 Å². The highest BCUT2D eigenvalue weighted by Crippen LogP contribution is 2.22. The standard InChI is InChI=1S/C10H11NO/c1-3-6-10(2,12)9-4-7-11-8-5-9/h1,4-5,7-8,12H,6H2,2H3/t10-/m1/s1. The van der Waals surface area contributed by atoms with Gasteiger partial charge in [0.2, 0.25) is 0 Å². The molecule has 0 radical (unpaired) electrons. The van der Waals surface area contributed by atoms with Crippen LogP contribution in [0.2, 0.25) is 0 Å². The first kappa shape index (κ1) is 8.76. The molecule has 0 bridgehead atoms. The summed E-state index contributed by atoms with van der Waals surface area (Å²) in [5, 5.41) is 9.82. The molecule has 0 aliphatic rings. The molecule has 1 atom stereocenters. The minimum absolute atomic E-state index is 0.316. The Balaban J connectivity index is 2.91. The van der Waals surface area contributed by atoms with Crippen molar-refractivity contribution >= 4 is 0 Å². The second-order valence-electron chi connectivity index (χ2n) is 2.89. The molecule has 12 heavy (non-hydrogen) atoms. The Kier molecular flexibility index (Phi) is 2.47. The number of pyridine rings is 1. The van der Waals surface area contributed by atoms with Crippen molar-refractivity contribution in [1.82, 2.24) is 4.98 Å². The van der Waals surface area contributed by atoms with Gasteiger partial charge in [-0.1, -0.05) is 0 Å². The molecule has 0 spiro atoms. The van der Waals surface area contributed by atoms with E-state index in [1.54, 1.807) is 31.5 Å². The average Bonchev–Trinajstić information content (AvgIpc) is 2.06. The quantitative estimate of drug-likeness (QED) is 0.663. The topological polar surface area (TPSA) is 33.1 Å². The minimum atomic E-state index is -0.933. The zero-order valence-electron chi connectivity index (χ0n) is 6.99. The first-order valence-electron chi connectivity index (χ1n) is 3.73. The minimum Gasteiger partial charge on any atom is -0.384 e. The maximum Gasteiger partial charge on any atom is 0.0978 e. The summed E-state index contributed by atoms with van der Waals surface area (Å²) in [5.74, 6) is 2.44. The summed E-state index contributed by atoms with van der Waals surface area (Å²) < 4.78 is 0. The van der Waals surface area contributed by atoms with E-state index in [0.717, 1.165) is 5.56 Å². The van der Waals surface area contributed by atoms with E-state index < -0.39 is 5.60 Å². The lowest BCUT2D eigenvalue weighted by Crippen LogP contribution is -2.19. The van der Waals surface area contributed by atoms with Crippen molar-refractivity contribution in [2.45, 2.75) is 18.9 Å². The van der Waals surface area contributed by atoms with Gasteiger partial charge in [0.05, 0.1) is 5.60 Å². The summed E-state index contributed by atoms with van der Waals surface area (Å²) in [4.78, 5) is 3.86. The summed E-state index contributed by atoms with van der Waals surface area (Å²) in [6.07, 6.45) is 8.72. The molecule has 0 saturated heterocycles. The van der Waals surface area contributed by atoms with Crippen LogP contribution in [-0.2, 0) is 5.60 Å². The second-order valence-corrected chi connectivity index (χ2v) is 2.89. The van der Waals surface area contributed by atoms with Crippen molar-refractivity contribution in [2.24, 2.45) is 0 Å². The molecule has 1 aromatic heterocycles. The Labute approximate surface area is 72.3 Å². The molecule has 0 unspecified atom stereocenters. The van der Waals surface area contributed by atoms with Gasteiger partial charge < -0.3 is 5.11 Å². The predicted molar refractivity (Wildman–Crippen MR) is 47.3 cm³/mol. The third-order valence-corrected chi connectivity index (χ3v) is 1.75. The normalized spacial score (nSPS) is 14.8. The lowest BCUT2D eigenvalue weighted by atomic mass is 9.94. The number of hydrogen-bond donors (Lipinski definition) is 1. The van der Waals surface area contributed by atoms with Gasteiger partial charge in [-0.2, -0.15) is 0 Å². The molecule has 0 aliphatic carbocycles. The lowest BCUT2D eigenvalue weighted by molar-refractivity contribution is 0.0629. The van der Waals surface area contributed by atoms with Crippen LogP contribution in [-0.4, -0.2) is 10.1 Å². The summed E-state index contributed by atoms with van der Waals surface area (Å²) in [6.45, 7) is 1.70. The number of nitrogens with zero attached hydrogens (tertiary/aromatic N) is 1. The fourth-order valence-corrected chi connectivity index (χ4v) is 1.01. The first-order valence-corrected chi connectivity index (χ1v) is 3.73. The molecular formula is C10H11NO. The first-order chi connectivity index (χ1) is 5.67. The number of aromatic nitrogens is 1. The van der Waals surface area contributed by atoms with Crippen molar-refractivity contribution in [3.63, 3.8) is 0 Å². The van der Waals surface area contributed by atoms with E-state index in [1.165, 1.54) is 0 Å². The highest BCUT2D eigenvalue weighted by Gasteiger charge is 2.20. The summed E-state index contributed by atoms with van der Waals surface area (Å²) in [6, 6.07) is 3.52. The molecule has 62 valence electrons. The van der Waals surface area contributed by atoms with E-state index in [0.29, 0.717) is 6.42 Å². The van der Waals surface area contributed by atoms with Gasteiger partial charge in [0.1, 0.15) is 0 Å². The van der Waals surface area contributed by atoms with Crippen LogP contribution in [0, 0.1) is 12.3 Å². The van der Waals surface area contributed by atoms with E-state index >= 15 is 0 Å². The third kappa shape index (κ3) is 1.84. The van der Waals surface area contributed by atoms with Crippen molar-refractivity contribution in [2.75, 3.05) is 0 Å². The summed E-state index contributed by atoms with van der Waals surface area (Å²) >= 11 is 0. The van der Waals surface area contributed by atoms with Gasteiger partial charge in [0.25, 0.3) is 0 Å². The second kappa shape index (κ2) is 3.38. The van der Waals surface area contributed by atoms with Crippen LogP contribution in [0.5, 0.6) is 0 Å². The average molecular weight is 161 g/mol. The Bertz CT molecular complexity index is 284. The van der Waals surface area contributed by atoms with Gasteiger partial charge in [-0.15, -0.1) is 12.3 Å². The largest absolute Gasteiger partial charge is 0.384 e. The van der Waals surface area contributed by atoms with E-state index in [1.807, 2.05) is 0 Å². The Morgan fingerprint density at radius 1 is 1.58 bits per heavy atom. The van der Waals surface area contributed by atoms with Crippen LogP contribution in [0.4, 0.5) is 0 Å². The molecular weight excluding hydrogens is 150 g/mol. The lowest BCUT2D eigenvalue weighted by Gasteiger charge is -2.20. The Morgan fingerprint density at radius 3 is 2.67 bits per heavy atom. The van der Waals surface area contributed by atoms with Crippen molar-refractivity contribution in [1.29, 1.82) is 0 Å². The van der Waals surface area contributed by atoms with Gasteiger partial charge in [0.15, 0.2) is 0 Å². The third-order valence-electron chi connectivity index (χ3n) is 1.75. The van der Waals surface area contributed by atoms with Gasteiger partial charge in [-0.05, 0) is 24.6 Å². The molecule has 1 heterocycles. The highest BCUT2D eigenvalue weighted by molar-refractivity contribution is 5.19. The summed E-state index contributed by atoms with van der Waals surface area (Å²) in [7, 11) is 0. The molecule has 2 heteroatoms. The number of rotatable bonds is 2. The summed E-state index contributed by atoms with van der Waals surface area (Å²) in [5.41, 5.74) is -0.132. The molecule has 1 rings (SSSR count). The van der Waals surface area contributed by atoms with Crippen LogP contribution in [0.1, 0.15) is 18.9 Å². The predicted octanol–water partition coefficient (Wildman–Crippen LogP) is 1.31. The maximum atomic E-state index is 9.82.